The largest absolute Gasteiger partial charge is 0.493 e. The minimum atomic E-state index is -4.52. The minimum absolute atomic E-state index is 0.0155. The summed E-state index contributed by atoms with van der Waals surface area (Å²) in [6, 6.07) is 3.68. The molecule has 0 atom stereocenters. The lowest BCUT2D eigenvalue weighted by Crippen LogP contribution is -2.09. The molecule has 21 heavy (non-hydrogen) atoms. The molecule has 2 N–H and O–H groups in total. The molecule has 0 amide bonds. The molecule has 0 saturated heterocycles. The van der Waals surface area contributed by atoms with E-state index in [1.807, 2.05) is 0 Å². The van der Waals surface area contributed by atoms with Gasteiger partial charge in [0.05, 0.1) is 23.4 Å². The molecule has 0 aliphatic carbocycles. The second-order valence-corrected chi connectivity index (χ2v) is 4.64. The number of hydrogen-bond acceptors (Lipinski definition) is 3. The van der Waals surface area contributed by atoms with E-state index in [1.54, 1.807) is 0 Å². The molecule has 7 heteroatoms. The monoisotopic (exact) mass is 300 g/mol. The standard InChI is InChI=1S/C14H15F3N2O2/c1-19-9(8-20)5-11-12(14(15,16)17)6-10(7-13(11)19)21-4-2-3-18/h5-8H,2-4,18H2,1H3. The van der Waals surface area contributed by atoms with Crippen LogP contribution in [0.4, 0.5) is 13.2 Å². The maximum absolute atomic E-state index is 13.2. The molecule has 114 valence electrons. The van der Waals surface area contributed by atoms with Gasteiger partial charge in [-0.15, -0.1) is 0 Å². The van der Waals surface area contributed by atoms with Crippen molar-refractivity contribution >= 4 is 17.2 Å². The number of aryl methyl sites for hydroxylation is 1. The quantitative estimate of drug-likeness (QED) is 0.682. The van der Waals surface area contributed by atoms with Gasteiger partial charge in [0.2, 0.25) is 0 Å². The zero-order valence-electron chi connectivity index (χ0n) is 11.4. The number of ether oxygens (including phenoxy) is 1. The molecule has 1 aromatic carbocycles. The molecular formula is C14H15F3N2O2. The van der Waals surface area contributed by atoms with Crippen LogP contribution in [0.25, 0.3) is 10.9 Å². The van der Waals surface area contributed by atoms with Crippen LogP contribution < -0.4 is 10.5 Å². The van der Waals surface area contributed by atoms with Crippen molar-refractivity contribution in [1.29, 1.82) is 0 Å². The van der Waals surface area contributed by atoms with Gasteiger partial charge in [0, 0.05) is 18.5 Å². The van der Waals surface area contributed by atoms with Crippen LogP contribution in [0.2, 0.25) is 0 Å². The van der Waals surface area contributed by atoms with Gasteiger partial charge < -0.3 is 15.0 Å². The molecule has 0 saturated carbocycles. The Morgan fingerprint density at radius 2 is 2.05 bits per heavy atom. The first-order valence-corrected chi connectivity index (χ1v) is 6.37. The van der Waals surface area contributed by atoms with E-state index in [9.17, 15) is 18.0 Å². The average molecular weight is 300 g/mol. The number of carbonyl (C=O) groups is 1. The van der Waals surface area contributed by atoms with Crippen LogP contribution in [0.1, 0.15) is 22.5 Å². The Morgan fingerprint density at radius 1 is 1.33 bits per heavy atom. The summed E-state index contributed by atoms with van der Waals surface area (Å²) in [7, 11) is 1.54. The van der Waals surface area contributed by atoms with E-state index < -0.39 is 11.7 Å². The number of hydrogen-bond donors (Lipinski definition) is 1. The maximum Gasteiger partial charge on any atom is 0.417 e. The fourth-order valence-corrected chi connectivity index (χ4v) is 2.13. The summed E-state index contributed by atoms with van der Waals surface area (Å²) in [4.78, 5) is 10.9. The molecule has 0 aliphatic heterocycles. The van der Waals surface area contributed by atoms with Crippen molar-refractivity contribution in [3.63, 3.8) is 0 Å². The van der Waals surface area contributed by atoms with Gasteiger partial charge in [-0.05, 0) is 25.1 Å². The van der Waals surface area contributed by atoms with Gasteiger partial charge in [-0.2, -0.15) is 13.2 Å². The predicted octanol–water partition coefficient (Wildman–Crippen LogP) is 2.74. The molecule has 0 spiro atoms. The number of aromatic nitrogens is 1. The van der Waals surface area contributed by atoms with Crippen molar-refractivity contribution in [1.82, 2.24) is 4.57 Å². The smallest absolute Gasteiger partial charge is 0.417 e. The fraction of sp³-hybridized carbons (Fsp3) is 0.357. The molecule has 1 heterocycles. The molecule has 0 bridgehead atoms. The van der Waals surface area contributed by atoms with Crippen LogP contribution in [0.5, 0.6) is 5.75 Å². The Bertz CT molecular complexity index is 662. The highest BCUT2D eigenvalue weighted by Crippen LogP contribution is 2.38. The summed E-state index contributed by atoms with van der Waals surface area (Å²) >= 11 is 0. The number of nitrogens with two attached hydrogens (primary N) is 1. The Balaban J connectivity index is 2.58. The molecule has 0 unspecified atom stereocenters. The number of fused-ring (bicyclic) bond motifs is 1. The van der Waals surface area contributed by atoms with Crippen LogP contribution in [0, 0.1) is 0 Å². The SMILES string of the molecule is Cn1c(C=O)cc2c(C(F)(F)F)cc(OCCCN)cc21. The zero-order valence-corrected chi connectivity index (χ0v) is 11.4. The van der Waals surface area contributed by atoms with Gasteiger partial charge in [0.25, 0.3) is 0 Å². The highest BCUT2D eigenvalue weighted by Gasteiger charge is 2.34. The normalized spacial score (nSPS) is 11.9. The highest BCUT2D eigenvalue weighted by atomic mass is 19.4. The second kappa shape index (κ2) is 5.77. The molecule has 1 aromatic heterocycles. The van der Waals surface area contributed by atoms with Crippen LogP contribution in [0.3, 0.4) is 0 Å². The van der Waals surface area contributed by atoms with E-state index in [0.29, 0.717) is 24.8 Å². The third kappa shape index (κ3) is 3.02. The van der Waals surface area contributed by atoms with E-state index in [-0.39, 0.29) is 23.4 Å². The number of alkyl halides is 3. The van der Waals surface area contributed by atoms with Gasteiger partial charge in [-0.3, -0.25) is 4.79 Å². The number of carbonyl (C=O) groups excluding carboxylic acids is 1. The predicted molar refractivity (Wildman–Crippen MR) is 72.5 cm³/mol. The number of rotatable bonds is 5. The zero-order chi connectivity index (χ0) is 15.6. The summed E-state index contributed by atoms with van der Waals surface area (Å²) in [5.74, 6) is 0.113. The highest BCUT2D eigenvalue weighted by molar-refractivity contribution is 5.92. The molecule has 0 radical (unpaired) electrons. The Morgan fingerprint density at radius 3 is 2.62 bits per heavy atom. The van der Waals surface area contributed by atoms with E-state index in [4.69, 9.17) is 10.5 Å². The van der Waals surface area contributed by atoms with E-state index in [1.165, 1.54) is 23.7 Å². The Kier molecular flexibility index (Phi) is 4.22. The maximum atomic E-state index is 13.2. The van der Waals surface area contributed by atoms with E-state index in [0.717, 1.165) is 6.07 Å². The molecule has 0 aliphatic rings. The van der Waals surface area contributed by atoms with E-state index in [2.05, 4.69) is 0 Å². The molecule has 4 nitrogen and oxygen atoms in total. The van der Waals surface area contributed by atoms with Crippen LogP contribution >= 0.6 is 0 Å². The number of halogens is 3. The number of benzene rings is 1. The number of nitrogens with zero attached hydrogens (tertiary/aromatic N) is 1. The van der Waals surface area contributed by atoms with Gasteiger partial charge in [-0.1, -0.05) is 0 Å². The fourth-order valence-electron chi connectivity index (χ4n) is 2.13. The van der Waals surface area contributed by atoms with Crippen molar-refractivity contribution in [2.24, 2.45) is 12.8 Å². The Hall–Kier alpha value is -2.02. The lowest BCUT2D eigenvalue weighted by Gasteiger charge is -2.12. The van der Waals surface area contributed by atoms with Crippen molar-refractivity contribution in [3.05, 3.63) is 29.5 Å². The van der Waals surface area contributed by atoms with Gasteiger partial charge in [0.15, 0.2) is 6.29 Å². The third-order valence-corrected chi connectivity index (χ3v) is 3.22. The van der Waals surface area contributed by atoms with E-state index >= 15 is 0 Å². The topological polar surface area (TPSA) is 57.2 Å². The third-order valence-electron chi connectivity index (χ3n) is 3.22. The van der Waals surface area contributed by atoms with Crippen molar-refractivity contribution in [2.45, 2.75) is 12.6 Å². The molecule has 0 fully saturated rings. The van der Waals surface area contributed by atoms with Gasteiger partial charge in [-0.25, -0.2) is 0 Å². The summed E-state index contributed by atoms with van der Waals surface area (Å²) in [6.07, 6.45) is -3.45. The van der Waals surface area contributed by atoms with Crippen LogP contribution in [-0.2, 0) is 13.2 Å². The lowest BCUT2D eigenvalue weighted by atomic mass is 10.1. The first kappa shape index (κ1) is 15.4. The molecular weight excluding hydrogens is 285 g/mol. The molecule has 2 aromatic rings. The summed E-state index contributed by atoms with van der Waals surface area (Å²) in [6.45, 7) is 0.637. The summed E-state index contributed by atoms with van der Waals surface area (Å²) in [5, 5.41) is -0.0155. The van der Waals surface area contributed by atoms with Crippen molar-refractivity contribution < 1.29 is 22.7 Å². The van der Waals surface area contributed by atoms with Gasteiger partial charge in [0.1, 0.15) is 5.75 Å². The van der Waals surface area contributed by atoms with Crippen molar-refractivity contribution in [3.8, 4) is 5.75 Å². The lowest BCUT2D eigenvalue weighted by molar-refractivity contribution is -0.136. The molecule has 2 rings (SSSR count). The first-order valence-electron chi connectivity index (χ1n) is 6.37. The van der Waals surface area contributed by atoms with Crippen LogP contribution in [-0.4, -0.2) is 24.0 Å². The first-order chi connectivity index (χ1) is 9.88. The Labute approximate surface area is 119 Å². The van der Waals surface area contributed by atoms with Gasteiger partial charge >= 0.3 is 6.18 Å². The minimum Gasteiger partial charge on any atom is -0.493 e. The summed E-state index contributed by atoms with van der Waals surface area (Å²) < 4.78 is 46.2. The summed E-state index contributed by atoms with van der Waals surface area (Å²) in [5.41, 5.74) is 4.99. The average Bonchev–Trinajstić information content (AvgIpc) is 2.74. The van der Waals surface area contributed by atoms with Crippen LogP contribution in [0.15, 0.2) is 18.2 Å². The van der Waals surface area contributed by atoms with Crippen molar-refractivity contribution in [2.75, 3.05) is 13.2 Å². The second-order valence-electron chi connectivity index (χ2n) is 4.64. The number of aldehydes is 1.